The summed E-state index contributed by atoms with van der Waals surface area (Å²) < 4.78 is 5.06. The van der Waals surface area contributed by atoms with Crippen molar-refractivity contribution < 1.29 is 14.3 Å². The Labute approximate surface area is 170 Å². The van der Waals surface area contributed by atoms with Crippen LogP contribution in [0, 0.1) is 6.92 Å². The fourth-order valence-corrected chi connectivity index (χ4v) is 3.30. The summed E-state index contributed by atoms with van der Waals surface area (Å²) in [4.78, 5) is 37.2. The van der Waals surface area contributed by atoms with Gasteiger partial charge in [0.15, 0.2) is 0 Å². The normalized spacial score (nSPS) is 13.9. The zero-order valence-corrected chi connectivity index (χ0v) is 17.1. The van der Waals surface area contributed by atoms with E-state index >= 15 is 0 Å². The molecule has 8 nitrogen and oxygen atoms in total. The van der Waals surface area contributed by atoms with Gasteiger partial charge in [-0.15, -0.1) is 0 Å². The number of para-hydroxylation sites is 1. The summed E-state index contributed by atoms with van der Waals surface area (Å²) in [6.45, 7) is 8.32. The van der Waals surface area contributed by atoms with Crippen LogP contribution in [-0.2, 0) is 11.2 Å². The number of anilines is 2. The average Bonchev–Trinajstić information content (AvgIpc) is 2.74. The van der Waals surface area contributed by atoms with Crippen LogP contribution in [0.5, 0.6) is 0 Å². The molecular formula is C21H27N5O3. The van der Waals surface area contributed by atoms with Gasteiger partial charge in [0, 0.05) is 37.9 Å². The van der Waals surface area contributed by atoms with E-state index in [0.29, 0.717) is 50.1 Å². The van der Waals surface area contributed by atoms with Gasteiger partial charge in [-0.2, -0.15) is 0 Å². The first-order valence-electron chi connectivity index (χ1n) is 9.93. The molecule has 0 aliphatic carbocycles. The lowest BCUT2D eigenvalue weighted by molar-refractivity contribution is 0.102. The molecule has 0 atom stereocenters. The van der Waals surface area contributed by atoms with Gasteiger partial charge in [0.1, 0.15) is 17.3 Å². The second-order valence-electron chi connectivity index (χ2n) is 6.80. The Balaban J connectivity index is 1.72. The summed E-state index contributed by atoms with van der Waals surface area (Å²) in [5, 5.41) is 2.95. The summed E-state index contributed by atoms with van der Waals surface area (Å²) in [5.41, 5.74) is 2.19. The molecule has 0 unspecified atom stereocenters. The highest BCUT2D eigenvalue weighted by molar-refractivity contribution is 6.03. The van der Waals surface area contributed by atoms with Gasteiger partial charge in [0.2, 0.25) is 0 Å². The van der Waals surface area contributed by atoms with E-state index in [1.165, 1.54) is 0 Å². The van der Waals surface area contributed by atoms with Crippen molar-refractivity contribution in [1.29, 1.82) is 0 Å². The molecule has 154 valence electrons. The second kappa shape index (κ2) is 9.36. The highest BCUT2D eigenvalue weighted by Gasteiger charge is 2.24. The fourth-order valence-electron chi connectivity index (χ4n) is 3.30. The highest BCUT2D eigenvalue weighted by Crippen LogP contribution is 2.19. The van der Waals surface area contributed by atoms with E-state index in [-0.39, 0.29) is 12.0 Å². The molecule has 0 radical (unpaired) electrons. The molecule has 2 amide bonds. The predicted molar refractivity (Wildman–Crippen MR) is 111 cm³/mol. The van der Waals surface area contributed by atoms with Gasteiger partial charge in [0.25, 0.3) is 5.91 Å². The summed E-state index contributed by atoms with van der Waals surface area (Å²) in [6, 6.07) is 9.44. The van der Waals surface area contributed by atoms with Crippen LogP contribution in [0.2, 0.25) is 0 Å². The van der Waals surface area contributed by atoms with E-state index in [1.807, 2.05) is 31.2 Å². The van der Waals surface area contributed by atoms with Gasteiger partial charge < -0.3 is 19.9 Å². The third-order valence-electron chi connectivity index (χ3n) is 4.83. The number of ether oxygens (including phenoxy) is 1. The number of carbonyl (C=O) groups is 2. The fraction of sp³-hybridized carbons (Fsp3) is 0.429. The van der Waals surface area contributed by atoms with Crippen LogP contribution in [0.1, 0.15) is 35.7 Å². The Morgan fingerprint density at radius 1 is 1.10 bits per heavy atom. The second-order valence-corrected chi connectivity index (χ2v) is 6.80. The SMILES string of the molecule is CCOC(=O)N1CCN(c2cc(C(=O)Nc3ccccc3CC)nc(C)n2)CC1. The van der Waals surface area contributed by atoms with Crippen molar-refractivity contribution >= 4 is 23.5 Å². The lowest BCUT2D eigenvalue weighted by Crippen LogP contribution is -2.49. The first-order chi connectivity index (χ1) is 14.0. The molecule has 29 heavy (non-hydrogen) atoms. The van der Waals surface area contributed by atoms with Crippen molar-refractivity contribution in [3.05, 3.63) is 47.4 Å². The number of benzene rings is 1. The van der Waals surface area contributed by atoms with Crippen LogP contribution in [0.4, 0.5) is 16.3 Å². The third-order valence-corrected chi connectivity index (χ3v) is 4.83. The largest absolute Gasteiger partial charge is 0.450 e. The van der Waals surface area contributed by atoms with Crippen molar-refractivity contribution in [3.63, 3.8) is 0 Å². The van der Waals surface area contributed by atoms with Crippen molar-refractivity contribution in [2.45, 2.75) is 27.2 Å². The number of rotatable bonds is 5. The van der Waals surface area contributed by atoms with Gasteiger partial charge in [-0.3, -0.25) is 4.79 Å². The lowest BCUT2D eigenvalue weighted by atomic mass is 10.1. The minimum atomic E-state index is -0.291. The molecular weight excluding hydrogens is 370 g/mol. The van der Waals surface area contributed by atoms with Crippen LogP contribution in [0.15, 0.2) is 30.3 Å². The Morgan fingerprint density at radius 2 is 1.83 bits per heavy atom. The molecule has 3 rings (SSSR count). The van der Waals surface area contributed by atoms with E-state index < -0.39 is 0 Å². The Hall–Kier alpha value is -3.16. The molecule has 0 saturated carbocycles. The highest BCUT2D eigenvalue weighted by atomic mass is 16.6. The van der Waals surface area contributed by atoms with Crippen LogP contribution in [0.25, 0.3) is 0 Å². The number of carbonyl (C=O) groups excluding carboxylic acids is 2. The quantitative estimate of drug-likeness (QED) is 0.835. The number of piperazine rings is 1. The summed E-state index contributed by atoms with van der Waals surface area (Å²) >= 11 is 0. The van der Waals surface area contributed by atoms with E-state index in [2.05, 4.69) is 20.2 Å². The van der Waals surface area contributed by atoms with Crippen LogP contribution < -0.4 is 10.2 Å². The van der Waals surface area contributed by atoms with E-state index in [9.17, 15) is 9.59 Å². The number of nitrogens with zero attached hydrogens (tertiary/aromatic N) is 4. The summed E-state index contributed by atoms with van der Waals surface area (Å²) in [6.07, 6.45) is 0.538. The molecule has 1 saturated heterocycles. The molecule has 8 heteroatoms. The molecule has 1 aromatic heterocycles. The zero-order chi connectivity index (χ0) is 20.8. The van der Waals surface area contributed by atoms with Gasteiger partial charge >= 0.3 is 6.09 Å². The van der Waals surface area contributed by atoms with Gasteiger partial charge in [0.05, 0.1) is 6.61 Å². The maximum Gasteiger partial charge on any atom is 0.409 e. The van der Waals surface area contributed by atoms with Gasteiger partial charge in [-0.1, -0.05) is 25.1 Å². The van der Waals surface area contributed by atoms with Crippen molar-refractivity contribution in [2.75, 3.05) is 43.0 Å². The predicted octanol–water partition coefficient (Wildman–Crippen LogP) is 2.88. The number of hydrogen-bond acceptors (Lipinski definition) is 6. The molecule has 1 aliphatic rings. The third kappa shape index (κ3) is 5.01. The Morgan fingerprint density at radius 3 is 2.52 bits per heavy atom. The number of aryl methyl sites for hydroxylation is 2. The molecule has 1 aromatic carbocycles. The molecule has 2 heterocycles. The first kappa shape index (κ1) is 20.6. The molecule has 2 aromatic rings. The Bertz CT molecular complexity index is 878. The first-order valence-corrected chi connectivity index (χ1v) is 9.93. The van der Waals surface area contributed by atoms with Gasteiger partial charge in [-0.25, -0.2) is 14.8 Å². The van der Waals surface area contributed by atoms with Crippen molar-refractivity contribution in [3.8, 4) is 0 Å². The average molecular weight is 397 g/mol. The maximum atomic E-state index is 12.8. The molecule has 1 aliphatic heterocycles. The topological polar surface area (TPSA) is 87.7 Å². The molecule has 0 bridgehead atoms. The number of amides is 2. The molecule has 1 fully saturated rings. The van der Waals surface area contributed by atoms with E-state index in [0.717, 1.165) is 17.7 Å². The zero-order valence-electron chi connectivity index (χ0n) is 17.1. The minimum absolute atomic E-state index is 0.261. The summed E-state index contributed by atoms with van der Waals surface area (Å²) in [5.74, 6) is 0.960. The standard InChI is InChI=1S/C21H27N5O3/c1-4-16-8-6-7-9-17(16)24-20(27)18-14-19(23-15(3)22-18)25-10-12-26(13-11-25)21(28)29-5-2/h6-9,14H,4-5,10-13H2,1-3H3,(H,24,27). The van der Waals surface area contributed by atoms with E-state index in [4.69, 9.17) is 4.74 Å². The maximum absolute atomic E-state index is 12.8. The molecule has 0 spiro atoms. The smallest absolute Gasteiger partial charge is 0.409 e. The molecule has 1 N–H and O–H groups in total. The number of aromatic nitrogens is 2. The van der Waals surface area contributed by atoms with Gasteiger partial charge in [-0.05, 0) is 31.9 Å². The monoisotopic (exact) mass is 397 g/mol. The van der Waals surface area contributed by atoms with Crippen molar-refractivity contribution in [2.24, 2.45) is 0 Å². The van der Waals surface area contributed by atoms with Crippen LogP contribution in [-0.4, -0.2) is 59.7 Å². The number of hydrogen-bond donors (Lipinski definition) is 1. The van der Waals surface area contributed by atoms with Crippen LogP contribution in [0.3, 0.4) is 0 Å². The minimum Gasteiger partial charge on any atom is -0.450 e. The lowest BCUT2D eigenvalue weighted by Gasteiger charge is -2.34. The number of nitrogens with one attached hydrogen (secondary N) is 1. The van der Waals surface area contributed by atoms with Crippen molar-refractivity contribution in [1.82, 2.24) is 14.9 Å². The Kier molecular flexibility index (Phi) is 6.64. The van der Waals surface area contributed by atoms with Crippen LogP contribution >= 0.6 is 0 Å². The summed E-state index contributed by atoms with van der Waals surface area (Å²) in [7, 11) is 0. The van der Waals surface area contributed by atoms with E-state index in [1.54, 1.807) is 24.8 Å².